The van der Waals surface area contributed by atoms with Gasteiger partial charge in [-0.15, -0.1) is 12.1 Å². The third kappa shape index (κ3) is 11.1. The van der Waals surface area contributed by atoms with Crippen LogP contribution in [0.2, 0.25) is 0 Å². The van der Waals surface area contributed by atoms with Crippen LogP contribution in [-0.4, -0.2) is 19.3 Å². The van der Waals surface area contributed by atoms with Crippen molar-refractivity contribution in [3.63, 3.8) is 0 Å². The molecule has 4 nitrogen and oxygen atoms in total. The SMILES string of the molecule is C=C(OC)/C(C)=C\C(=C/C(C)C)NC(=O)C1CC[CH-]CC1.[CH2-]c1c(C)cccc1[C-]=O.[K+]. The van der Waals surface area contributed by atoms with Gasteiger partial charge in [0.1, 0.15) is 5.76 Å². The molecular weight excluding hydrogens is 425 g/mol. The van der Waals surface area contributed by atoms with Crippen LogP contribution in [0.5, 0.6) is 0 Å². The van der Waals surface area contributed by atoms with Crippen molar-refractivity contribution in [3.8, 4) is 0 Å². The van der Waals surface area contributed by atoms with Gasteiger partial charge in [0.25, 0.3) is 0 Å². The number of hydrogen-bond donors (Lipinski definition) is 1. The Kier molecular flexibility index (Phi) is 15.9. The van der Waals surface area contributed by atoms with E-state index in [4.69, 9.17) is 4.74 Å². The van der Waals surface area contributed by atoms with E-state index >= 15 is 0 Å². The van der Waals surface area contributed by atoms with Crippen LogP contribution >= 0.6 is 0 Å². The van der Waals surface area contributed by atoms with E-state index in [9.17, 15) is 9.59 Å². The molecule has 32 heavy (non-hydrogen) atoms. The molecule has 1 saturated carbocycles. The minimum Gasteiger partial charge on any atom is -0.497 e. The average Bonchev–Trinajstić information content (AvgIpc) is 2.75. The number of hydrogen-bond acceptors (Lipinski definition) is 3. The minimum absolute atomic E-state index is 0. The molecule has 0 aromatic heterocycles. The molecular formula is C27H36KNO3-2. The summed E-state index contributed by atoms with van der Waals surface area (Å²) in [5.74, 6) is 1.23. The molecule has 170 valence electrons. The summed E-state index contributed by atoms with van der Waals surface area (Å²) in [5.41, 5.74) is 4.11. The largest absolute Gasteiger partial charge is 1.00 e. The second-order valence-electron chi connectivity index (χ2n) is 8.15. The normalized spacial score (nSPS) is 14.6. The van der Waals surface area contributed by atoms with E-state index in [1.165, 1.54) is 0 Å². The average molecular weight is 462 g/mol. The maximum atomic E-state index is 12.4. The van der Waals surface area contributed by atoms with Gasteiger partial charge in [0.15, 0.2) is 0 Å². The summed E-state index contributed by atoms with van der Waals surface area (Å²) in [5, 5.41) is 3.06. The molecule has 0 saturated heterocycles. The molecule has 1 amide bonds. The van der Waals surface area contributed by atoms with Crippen molar-refractivity contribution >= 4 is 12.2 Å². The molecule has 1 fully saturated rings. The Morgan fingerprint density at radius 3 is 2.47 bits per heavy atom. The predicted octanol–water partition coefficient (Wildman–Crippen LogP) is 2.78. The minimum atomic E-state index is 0. The van der Waals surface area contributed by atoms with Gasteiger partial charge in [-0.3, -0.25) is 22.8 Å². The van der Waals surface area contributed by atoms with Crippen LogP contribution in [0.15, 0.2) is 54.0 Å². The van der Waals surface area contributed by atoms with E-state index in [-0.39, 0.29) is 63.2 Å². The van der Waals surface area contributed by atoms with E-state index in [0.29, 0.717) is 17.2 Å². The first-order valence-corrected chi connectivity index (χ1v) is 10.7. The van der Waals surface area contributed by atoms with Gasteiger partial charge >= 0.3 is 51.4 Å². The molecule has 0 radical (unpaired) electrons. The van der Waals surface area contributed by atoms with Gasteiger partial charge in [-0.1, -0.05) is 46.3 Å². The van der Waals surface area contributed by atoms with E-state index < -0.39 is 0 Å². The Labute approximate surface area is 237 Å². The monoisotopic (exact) mass is 461 g/mol. The van der Waals surface area contributed by atoms with Crippen LogP contribution in [0.3, 0.4) is 0 Å². The van der Waals surface area contributed by atoms with Crippen LogP contribution in [0, 0.1) is 32.1 Å². The third-order valence-electron chi connectivity index (χ3n) is 5.17. The summed E-state index contributed by atoms with van der Waals surface area (Å²) >= 11 is 0. The zero-order valence-electron chi connectivity index (χ0n) is 20.6. The summed E-state index contributed by atoms with van der Waals surface area (Å²) in [6.45, 7) is 15.6. The van der Waals surface area contributed by atoms with Crippen molar-refractivity contribution in [1.29, 1.82) is 0 Å². The number of methoxy groups -OCH3 is 1. The number of nitrogens with one attached hydrogen (secondary N) is 1. The van der Waals surface area contributed by atoms with Gasteiger partial charge in [0, 0.05) is 11.6 Å². The van der Waals surface area contributed by atoms with E-state index in [2.05, 4.69) is 45.2 Å². The first kappa shape index (κ1) is 30.9. The Morgan fingerprint density at radius 1 is 1.34 bits per heavy atom. The van der Waals surface area contributed by atoms with E-state index in [1.807, 2.05) is 38.3 Å². The second-order valence-corrected chi connectivity index (χ2v) is 8.15. The summed E-state index contributed by atoms with van der Waals surface area (Å²) < 4.78 is 5.13. The summed E-state index contributed by atoms with van der Waals surface area (Å²) in [6, 6.07) is 5.45. The third-order valence-corrected chi connectivity index (χ3v) is 5.17. The van der Waals surface area contributed by atoms with Crippen LogP contribution in [0.1, 0.15) is 63.1 Å². The van der Waals surface area contributed by atoms with Gasteiger partial charge in [0.05, 0.1) is 7.11 Å². The molecule has 5 heteroatoms. The van der Waals surface area contributed by atoms with Crippen LogP contribution in [0.4, 0.5) is 0 Å². The van der Waals surface area contributed by atoms with Crippen molar-refractivity contribution in [1.82, 2.24) is 5.32 Å². The van der Waals surface area contributed by atoms with Gasteiger partial charge in [-0.2, -0.15) is 12.8 Å². The predicted molar refractivity (Wildman–Crippen MR) is 128 cm³/mol. The smallest absolute Gasteiger partial charge is 0.497 e. The Morgan fingerprint density at radius 2 is 1.97 bits per heavy atom. The number of allylic oxidation sites excluding steroid dienone is 3. The van der Waals surface area contributed by atoms with Gasteiger partial charge in [0.2, 0.25) is 5.91 Å². The Bertz CT molecular complexity index is 818. The molecule has 0 bridgehead atoms. The van der Waals surface area contributed by atoms with Crippen LogP contribution in [0.25, 0.3) is 0 Å². The number of carbonyl (C=O) groups excluding carboxylic acids is 2. The topological polar surface area (TPSA) is 55.4 Å². The summed E-state index contributed by atoms with van der Waals surface area (Å²) in [7, 11) is 1.60. The first-order chi connectivity index (χ1) is 14.7. The fraction of sp³-hybridized carbons (Fsp3) is 0.407. The Hall–Kier alpha value is -1.11. The number of rotatable bonds is 7. The fourth-order valence-electron chi connectivity index (χ4n) is 3.19. The maximum Gasteiger partial charge on any atom is 1.00 e. The molecule has 2 rings (SSSR count). The molecule has 1 aromatic rings. The molecule has 0 atom stereocenters. The summed E-state index contributed by atoms with van der Waals surface area (Å²) in [4.78, 5) is 22.6. The van der Waals surface area contributed by atoms with Crippen molar-refractivity contribution in [2.45, 2.75) is 53.4 Å². The molecule has 1 N–H and O–H groups in total. The zero-order chi connectivity index (χ0) is 23.4. The Balaban J connectivity index is 0.000000733. The molecule has 1 aliphatic rings. The van der Waals surface area contributed by atoms with Gasteiger partial charge < -0.3 is 21.3 Å². The molecule has 0 aliphatic heterocycles. The first-order valence-electron chi connectivity index (χ1n) is 10.7. The van der Waals surface area contributed by atoms with Crippen LogP contribution in [-0.2, 0) is 14.3 Å². The van der Waals surface area contributed by atoms with E-state index in [1.54, 1.807) is 13.2 Å². The molecule has 1 aromatic carbocycles. The van der Waals surface area contributed by atoms with Crippen molar-refractivity contribution in [3.05, 3.63) is 84.0 Å². The maximum absolute atomic E-state index is 12.4. The fourth-order valence-corrected chi connectivity index (χ4v) is 3.19. The van der Waals surface area contributed by atoms with Gasteiger partial charge in [-0.25, -0.2) is 11.6 Å². The second kappa shape index (κ2) is 16.5. The van der Waals surface area contributed by atoms with E-state index in [0.717, 1.165) is 48.1 Å². The van der Waals surface area contributed by atoms with Crippen molar-refractivity contribution in [2.75, 3.05) is 7.11 Å². The molecule has 0 spiro atoms. The standard InChI is InChI=1S/C18H28NO2.C9H8O.K/c1-13(2)11-17(12-14(3)15(4)21-5)19-18(20)16-9-7-6-8-10-16;1-7-4-3-5-9(6-10)8(7)2;/h6,11-13,16H,4,7-10H2,1-3,5H3,(H,19,20);3-5H,2H2,1H3;/q-1;-2;+1/b14-12-,17-11+;;. The van der Waals surface area contributed by atoms with Gasteiger partial charge in [-0.05, 0) is 30.8 Å². The molecule has 0 unspecified atom stereocenters. The summed E-state index contributed by atoms with van der Waals surface area (Å²) in [6.07, 6.45) is 12.1. The number of aryl methyl sites for hydroxylation is 1. The quantitative estimate of drug-likeness (QED) is 0.294. The number of benzene rings is 1. The number of amides is 1. The van der Waals surface area contributed by atoms with Crippen LogP contribution < -0.4 is 56.7 Å². The van der Waals surface area contributed by atoms with Crippen molar-refractivity contribution < 1.29 is 65.7 Å². The zero-order valence-corrected chi connectivity index (χ0v) is 23.7. The number of carbonyl (C=O) groups is 1. The molecule has 1 aliphatic carbocycles. The van der Waals surface area contributed by atoms with Crippen molar-refractivity contribution in [2.24, 2.45) is 11.8 Å². The molecule has 0 heterocycles. The number of ether oxygens (including phenoxy) is 1.